The Morgan fingerprint density at radius 2 is 1.60 bits per heavy atom. The molecule has 0 amide bonds. The topological polar surface area (TPSA) is 66.0 Å². The van der Waals surface area contributed by atoms with E-state index in [2.05, 4.69) is 10.1 Å². The predicted molar refractivity (Wildman–Crippen MR) is 76.5 cm³/mol. The summed E-state index contributed by atoms with van der Waals surface area (Å²) in [6, 6.07) is 19.3. The van der Waals surface area contributed by atoms with Gasteiger partial charge >= 0.3 is 0 Å². The van der Waals surface area contributed by atoms with Gasteiger partial charge in [-0.05, 0) is 24.3 Å². The summed E-state index contributed by atoms with van der Waals surface area (Å²) in [4.78, 5) is 4.21. The number of para-hydroxylation sites is 2. The highest BCUT2D eigenvalue weighted by molar-refractivity contribution is 5.33. The quantitative estimate of drug-likeness (QED) is 0.787. The highest BCUT2D eigenvalue weighted by Gasteiger charge is 2.10. The molecule has 5 nitrogen and oxygen atoms in total. The number of nitrogens with two attached hydrogens (primary N) is 1. The summed E-state index contributed by atoms with van der Waals surface area (Å²) in [5.41, 5.74) is 6.59. The molecule has 100 valence electrons. The van der Waals surface area contributed by atoms with E-state index in [9.17, 15) is 0 Å². The Hall–Kier alpha value is -2.82. The third-order valence-corrected chi connectivity index (χ3v) is 2.80. The minimum atomic E-state index is 0.237. The molecule has 0 aliphatic heterocycles. The lowest BCUT2D eigenvalue weighted by Crippen LogP contribution is -2.06. The van der Waals surface area contributed by atoms with Gasteiger partial charge in [0, 0.05) is 0 Å². The Balaban J connectivity index is 1.84. The van der Waals surface area contributed by atoms with Gasteiger partial charge in [-0.25, -0.2) is 4.68 Å². The van der Waals surface area contributed by atoms with E-state index in [4.69, 9.17) is 10.5 Å². The van der Waals surface area contributed by atoms with Crippen LogP contribution in [0.5, 0.6) is 5.75 Å². The maximum atomic E-state index is 5.69. The number of benzene rings is 2. The zero-order chi connectivity index (χ0) is 13.8. The van der Waals surface area contributed by atoms with Crippen LogP contribution < -0.4 is 10.5 Å². The molecule has 3 rings (SSSR count). The van der Waals surface area contributed by atoms with Crippen molar-refractivity contribution in [1.82, 2.24) is 14.8 Å². The van der Waals surface area contributed by atoms with Crippen LogP contribution in [0.1, 0.15) is 5.82 Å². The molecule has 0 unspecified atom stereocenters. The van der Waals surface area contributed by atoms with Gasteiger partial charge in [-0.2, -0.15) is 4.98 Å². The van der Waals surface area contributed by atoms with Crippen molar-refractivity contribution >= 4 is 5.95 Å². The summed E-state index contributed by atoms with van der Waals surface area (Å²) in [6.45, 7) is 0.309. The average molecular weight is 266 g/mol. The van der Waals surface area contributed by atoms with Crippen molar-refractivity contribution in [3.05, 3.63) is 66.5 Å². The molecule has 0 saturated heterocycles. The van der Waals surface area contributed by atoms with Crippen molar-refractivity contribution in [2.75, 3.05) is 5.73 Å². The second kappa shape index (κ2) is 5.44. The van der Waals surface area contributed by atoms with Crippen molar-refractivity contribution in [3.63, 3.8) is 0 Å². The molecule has 0 saturated carbocycles. The number of nitrogens with zero attached hydrogens (tertiary/aromatic N) is 3. The number of rotatable bonds is 4. The number of hydrogen-bond acceptors (Lipinski definition) is 4. The molecule has 2 aromatic carbocycles. The van der Waals surface area contributed by atoms with Crippen molar-refractivity contribution < 1.29 is 4.74 Å². The summed E-state index contributed by atoms with van der Waals surface area (Å²) >= 11 is 0. The van der Waals surface area contributed by atoms with Gasteiger partial charge in [0.25, 0.3) is 0 Å². The number of nitrogen functional groups attached to an aromatic ring is 1. The fourth-order valence-electron chi connectivity index (χ4n) is 1.90. The first-order chi connectivity index (χ1) is 9.83. The summed E-state index contributed by atoms with van der Waals surface area (Å²) in [6.07, 6.45) is 0. The van der Waals surface area contributed by atoms with E-state index < -0.39 is 0 Å². The van der Waals surface area contributed by atoms with E-state index in [1.54, 1.807) is 4.68 Å². The Labute approximate surface area is 116 Å². The molecule has 1 heterocycles. The van der Waals surface area contributed by atoms with E-state index in [1.807, 2.05) is 60.7 Å². The fraction of sp³-hybridized carbons (Fsp3) is 0.0667. The molecule has 0 spiro atoms. The van der Waals surface area contributed by atoms with Crippen LogP contribution >= 0.6 is 0 Å². The first-order valence-electron chi connectivity index (χ1n) is 6.27. The van der Waals surface area contributed by atoms with Crippen LogP contribution in [0.15, 0.2) is 60.7 Å². The summed E-state index contributed by atoms with van der Waals surface area (Å²) in [7, 11) is 0. The third kappa shape index (κ3) is 2.61. The Morgan fingerprint density at radius 1 is 0.950 bits per heavy atom. The van der Waals surface area contributed by atoms with Gasteiger partial charge in [0.1, 0.15) is 12.4 Å². The van der Waals surface area contributed by atoms with Crippen LogP contribution in [-0.2, 0) is 6.61 Å². The smallest absolute Gasteiger partial charge is 0.240 e. The zero-order valence-corrected chi connectivity index (χ0v) is 10.8. The molecule has 2 N–H and O–H groups in total. The summed E-state index contributed by atoms with van der Waals surface area (Å²) < 4.78 is 7.38. The van der Waals surface area contributed by atoms with Crippen LogP contribution in [0.25, 0.3) is 5.69 Å². The monoisotopic (exact) mass is 266 g/mol. The van der Waals surface area contributed by atoms with E-state index in [-0.39, 0.29) is 5.95 Å². The van der Waals surface area contributed by atoms with Crippen LogP contribution in [0.2, 0.25) is 0 Å². The van der Waals surface area contributed by atoms with E-state index in [0.29, 0.717) is 12.4 Å². The van der Waals surface area contributed by atoms with Crippen molar-refractivity contribution in [2.24, 2.45) is 0 Å². The standard InChI is InChI=1S/C15H14N4O/c16-15-17-14(11-20-13-9-5-2-6-10-13)19(18-15)12-7-3-1-4-8-12/h1-10H,11H2,(H2,16,18). The molecule has 0 radical (unpaired) electrons. The van der Waals surface area contributed by atoms with E-state index >= 15 is 0 Å². The maximum absolute atomic E-state index is 5.69. The first kappa shape index (κ1) is 12.2. The molecular weight excluding hydrogens is 252 g/mol. The van der Waals surface area contributed by atoms with Gasteiger partial charge in [-0.1, -0.05) is 36.4 Å². The normalized spacial score (nSPS) is 10.4. The SMILES string of the molecule is Nc1nc(COc2ccccc2)n(-c2ccccc2)n1. The van der Waals surface area contributed by atoms with Gasteiger partial charge in [0.05, 0.1) is 5.69 Å². The van der Waals surface area contributed by atoms with Crippen LogP contribution in [0.3, 0.4) is 0 Å². The van der Waals surface area contributed by atoms with E-state index in [1.165, 1.54) is 0 Å². The molecule has 0 atom stereocenters. The van der Waals surface area contributed by atoms with Gasteiger partial charge in [0.2, 0.25) is 5.95 Å². The van der Waals surface area contributed by atoms with Gasteiger partial charge < -0.3 is 10.5 Å². The van der Waals surface area contributed by atoms with Gasteiger partial charge in [0.15, 0.2) is 5.82 Å². The second-order valence-corrected chi connectivity index (χ2v) is 4.24. The Kier molecular flexibility index (Phi) is 3.33. The predicted octanol–water partition coefficient (Wildman–Crippen LogP) is 2.43. The van der Waals surface area contributed by atoms with Gasteiger partial charge in [-0.15, -0.1) is 5.10 Å². The highest BCUT2D eigenvalue weighted by atomic mass is 16.5. The van der Waals surface area contributed by atoms with Crippen LogP contribution in [0, 0.1) is 0 Å². The van der Waals surface area contributed by atoms with Crippen LogP contribution in [-0.4, -0.2) is 14.8 Å². The minimum Gasteiger partial charge on any atom is -0.486 e. The number of aromatic nitrogens is 3. The molecule has 3 aromatic rings. The van der Waals surface area contributed by atoms with Crippen molar-refractivity contribution in [1.29, 1.82) is 0 Å². The van der Waals surface area contributed by atoms with Gasteiger partial charge in [-0.3, -0.25) is 0 Å². The van der Waals surface area contributed by atoms with Crippen molar-refractivity contribution in [3.8, 4) is 11.4 Å². The number of ether oxygens (including phenoxy) is 1. The average Bonchev–Trinajstić information content (AvgIpc) is 2.88. The molecule has 1 aromatic heterocycles. The lowest BCUT2D eigenvalue weighted by molar-refractivity contribution is 0.292. The second-order valence-electron chi connectivity index (χ2n) is 4.24. The maximum Gasteiger partial charge on any atom is 0.240 e. The largest absolute Gasteiger partial charge is 0.486 e. The Morgan fingerprint density at radius 3 is 2.30 bits per heavy atom. The Bertz CT molecular complexity index is 680. The molecule has 0 fully saturated rings. The fourth-order valence-corrected chi connectivity index (χ4v) is 1.90. The molecule has 0 aliphatic carbocycles. The molecule has 0 aliphatic rings. The summed E-state index contributed by atoms with van der Waals surface area (Å²) in [5, 5.41) is 4.20. The van der Waals surface area contributed by atoms with E-state index in [0.717, 1.165) is 11.4 Å². The summed E-state index contributed by atoms with van der Waals surface area (Å²) in [5.74, 6) is 1.69. The van der Waals surface area contributed by atoms with Crippen molar-refractivity contribution in [2.45, 2.75) is 6.61 Å². The van der Waals surface area contributed by atoms with Crippen LogP contribution in [0.4, 0.5) is 5.95 Å². The molecular formula is C15H14N4O. The zero-order valence-electron chi connectivity index (χ0n) is 10.8. The highest BCUT2D eigenvalue weighted by Crippen LogP contribution is 2.14. The molecule has 0 bridgehead atoms. The number of anilines is 1. The third-order valence-electron chi connectivity index (χ3n) is 2.80. The first-order valence-corrected chi connectivity index (χ1v) is 6.27. The number of hydrogen-bond donors (Lipinski definition) is 1. The lowest BCUT2D eigenvalue weighted by atomic mass is 10.3. The minimum absolute atomic E-state index is 0.237. The lowest BCUT2D eigenvalue weighted by Gasteiger charge is -2.07. The molecule has 5 heteroatoms. The molecule has 20 heavy (non-hydrogen) atoms.